The van der Waals surface area contributed by atoms with Crippen LogP contribution in [0.5, 0.6) is 0 Å². The molecule has 1 rings (SSSR count). The van der Waals surface area contributed by atoms with Gasteiger partial charge in [-0.3, -0.25) is 0 Å². The molecule has 0 radical (unpaired) electrons. The topological polar surface area (TPSA) is 0 Å². The summed E-state index contributed by atoms with van der Waals surface area (Å²) in [5.74, 6) is 0. The van der Waals surface area contributed by atoms with Crippen molar-refractivity contribution in [1.29, 1.82) is 0 Å². The van der Waals surface area contributed by atoms with Crippen molar-refractivity contribution in [3.63, 3.8) is 0 Å². The zero-order valence-electron chi connectivity index (χ0n) is 7.48. The maximum Gasteiger partial charge on any atom is -0.0239 e. The van der Waals surface area contributed by atoms with Gasteiger partial charge in [0.2, 0.25) is 0 Å². The van der Waals surface area contributed by atoms with Crippen LogP contribution >= 0.6 is 0 Å². The second kappa shape index (κ2) is 3.56. The Hall–Kier alpha value is -0.780. The average molecular weight is 148 g/mol. The van der Waals surface area contributed by atoms with Gasteiger partial charge in [0.25, 0.3) is 0 Å². The minimum atomic E-state index is 1.14. The van der Waals surface area contributed by atoms with Crippen LogP contribution in [0.15, 0.2) is 35.5 Å². The molecule has 0 bridgehead atoms. The van der Waals surface area contributed by atoms with Crippen molar-refractivity contribution < 1.29 is 0 Å². The summed E-state index contributed by atoms with van der Waals surface area (Å²) in [5.41, 5.74) is 4.20. The lowest BCUT2D eigenvalue weighted by molar-refractivity contribution is 0.922. The van der Waals surface area contributed by atoms with Crippen LogP contribution in [0.25, 0.3) is 0 Å². The molecule has 0 atom stereocenters. The molecule has 0 saturated carbocycles. The molecular weight excluding hydrogens is 132 g/mol. The molecule has 0 aliphatic heterocycles. The first-order valence-corrected chi connectivity index (χ1v) is 4.30. The molecule has 60 valence electrons. The SMILES string of the molecule is C=C(C)C1=C(CC)C=CCC1. The Kier molecular flexibility index (Phi) is 2.70. The first kappa shape index (κ1) is 8.32. The first-order chi connectivity index (χ1) is 5.25. The number of allylic oxidation sites excluding steroid dienone is 5. The van der Waals surface area contributed by atoms with Crippen LogP contribution in [0.4, 0.5) is 0 Å². The van der Waals surface area contributed by atoms with Crippen molar-refractivity contribution in [2.24, 2.45) is 0 Å². The highest BCUT2D eigenvalue weighted by molar-refractivity contribution is 5.39. The summed E-state index contributed by atoms with van der Waals surface area (Å²) >= 11 is 0. The Morgan fingerprint density at radius 3 is 2.82 bits per heavy atom. The Bertz CT molecular complexity index is 216. The molecule has 0 aromatic heterocycles. The van der Waals surface area contributed by atoms with Gasteiger partial charge in [-0.25, -0.2) is 0 Å². The van der Waals surface area contributed by atoms with Gasteiger partial charge in [-0.05, 0) is 37.3 Å². The fourth-order valence-electron chi connectivity index (χ4n) is 1.53. The molecular formula is C11H16. The molecule has 1 aliphatic rings. The first-order valence-electron chi connectivity index (χ1n) is 4.30. The van der Waals surface area contributed by atoms with Crippen LogP contribution in [0, 0.1) is 0 Å². The zero-order chi connectivity index (χ0) is 8.27. The zero-order valence-corrected chi connectivity index (χ0v) is 7.48. The van der Waals surface area contributed by atoms with E-state index in [9.17, 15) is 0 Å². The van der Waals surface area contributed by atoms with Crippen molar-refractivity contribution in [3.05, 3.63) is 35.5 Å². The quantitative estimate of drug-likeness (QED) is 0.561. The summed E-state index contributed by atoms with van der Waals surface area (Å²) in [6.07, 6.45) is 8.01. The monoisotopic (exact) mass is 148 g/mol. The highest BCUT2D eigenvalue weighted by atomic mass is 14.1. The summed E-state index contributed by atoms with van der Waals surface area (Å²) in [7, 11) is 0. The van der Waals surface area contributed by atoms with Crippen molar-refractivity contribution in [3.8, 4) is 0 Å². The molecule has 0 amide bonds. The fourth-order valence-corrected chi connectivity index (χ4v) is 1.53. The number of hydrogen-bond donors (Lipinski definition) is 0. The van der Waals surface area contributed by atoms with Crippen LogP contribution in [-0.2, 0) is 0 Å². The van der Waals surface area contributed by atoms with E-state index in [-0.39, 0.29) is 0 Å². The molecule has 0 nitrogen and oxygen atoms in total. The molecule has 0 N–H and O–H groups in total. The van der Waals surface area contributed by atoms with Crippen molar-refractivity contribution in [1.82, 2.24) is 0 Å². The Morgan fingerprint density at radius 1 is 1.64 bits per heavy atom. The van der Waals surface area contributed by atoms with E-state index in [2.05, 4.69) is 32.6 Å². The van der Waals surface area contributed by atoms with E-state index in [1.807, 2.05) is 0 Å². The Balaban J connectivity index is 2.91. The Labute approximate surface area is 69.3 Å². The summed E-state index contributed by atoms with van der Waals surface area (Å²) in [4.78, 5) is 0. The van der Waals surface area contributed by atoms with Gasteiger partial charge >= 0.3 is 0 Å². The second-order valence-electron chi connectivity index (χ2n) is 3.08. The molecule has 0 heterocycles. The van der Waals surface area contributed by atoms with Gasteiger partial charge in [0.05, 0.1) is 0 Å². The summed E-state index contributed by atoms with van der Waals surface area (Å²) in [6, 6.07) is 0. The molecule has 0 unspecified atom stereocenters. The molecule has 0 saturated heterocycles. The van der Waals surface area contributed by atoms with Crippen LogP contribution in [0.2, 0.25) is 0 Å². The van der Waals surface area contributed by atoms with Crippen molar-refractivity contribution >= 4 is 0 Å². The van der Waals surface area contributed by atoms with Gasteiger partial charge in [-0.15, -0.1) is 0 Å². The van der Waals surface area contributed by atoms with Gasteiger partial charge in [-0.2, -0.15) is 0 Å². The van der Waals surface area contributed by atoms with Gasteiger partial charge in [0.1, 0.15) is 0 Å². The van der Waals surface area contributed by atoms with Gasteiger partial charge < -0.3 is 0 Å². The third-order valence-corrected chi connectivity index (χ3v) is 2.16. The summed E-state index contributed by atoms with van der Waals surface area (Å²) in [5, 5.41) is 0. The Morgan fingerprint density at radius 2 is 2.36 bits per heavy atom. The highest BCUT2D eigenvalue weighted by Gasteiger charge is 2.06. The highest BCUT2D eigenvalue weighted by Crippen LogP contribution is 2.25. The molecule has 1 aliphatic carbocycles. The minimum Gasteiger partial charge on any atom is -0.0958 e. The summed E-state index contributed by atoms with van der Waals surface area (Å²) < 4.78 is 0. The second-order valence-corrected chi connectivity index (χ2v) is 3.08. The molecule has 0 fully saturated rings. The van der Waals surface area contributed by atoms with Crippen molar-refractivity contribution in [2.45, 2.75) is 33.1 Å². The van der Waals surface area contributed by atoms with Gasteiger partial charge in [-0.1, -0.05) is 31.2 Å². The van der Waals surface area contributed by atoms with E-state index < -0.39 is 0 Å². The van der Waals surface area contributed by atoms with E-state index in [1.54, 1.807) is 0 Å². The third-order valence-electron chi connectivity index (χ3n) is 2.16. The summed E-state index contributed by atoms with van der Waals surface area (Å²) in [6.45, 7) is 8.29. The van der Waals surface area contributed by atoms with E-state index in [0.717, 1.165) is 6.42 Å². The van der Waals surface area contributed by atoms with Gasteiger partial charge in [0, 0.05) is 0 Å². The van der Waals surface area contributed by atoms with Crippen LogP contribution < -0.4 is 0 Å². The number of hydrogen-bond acceptors (Lipinski definition) is 0. The van der Waals surface area contributed by atoms with Crippen LogP contribution in [0.1, 0.15) is 33.1 Å². The average Bonchev–Trinajstić information content (AvgIpc) is 2.04. The normalized spacial score (nSPS) is 17.3. The minimum absolute atomic E-state index is 1.14. The van der Waals surface area contributed by atoms with E-state index in [0.29, 0.717) is 0 Å². The predicted octanol–water partition coefficient (Wildman–Crippen LogP) is 3.62. The van der Waals surface area contributed by atoms with E-state index >= 15 is 0 Å². The predicted molar refractivity (Wildman–Crippen MR) is 50.5 cm³/mol. The maximum atomic E-state index is 3.99. The van der Waals surface area contributed by atoms with Crippen molar-refractivity contribution in [2.75, 3.05) is 0 Å². The lowest BCUT2D eigenvalue weighted by Gasteiger charge is -2.14. The maximum absolute atomic E-state index is 3.99. The lowest BCUT2D eigenvalue weighted by Crippen LogP contribution is -1.94. The largest absolute Gasteiger partial charge is 0.0958 e. The van der Waals surface area contributed by atoms with Crippen LogP contribution in [-0.4, -0.2) is 0 Å². The van der Waals surface area contributed by atoms with E-state index in [1.165, 1.54) is 29.6 Å². The molecule has 0 aromatic rings. The lowest BCUT2D eigenvalue weighted by atomic mass is 9.92. The molecule has 0 spiro atoms. The molecule has 0 heteroatoms. The standard InChI is InChI=1S/C11H16/c1-4-10-7-5-6-8-11(10)9(2)3/h5,7H,2,4,6,8H2,1,3H3. The fraction of sp³-hybridized carbons (Fsp3) is 0.455. The van der Waals surface area contributed by atoms with Gasteiger partial charge in [0.15, 0.2) is 0 Å². The number of rotatable bonds is 2. The molecule has 11 heavy (non-hydrogen) atoms. The smallest absolute Gasteiger partial charge is 0.0239 e. The third kappa shape index (κ3) is 1.83. The molecule has 0 aromatic carbocycles. The van der Waals surface area contributed by atoms with Crippen LogP contribution in [0.3, 0.4) is 0 Å². The van der Waals surface area contributed by atoms with E-state index in [4.69, 9.17) is 0 Å².